The number of hydrogen-bond acceptors (Lipinski definition) is 7. The van der Waals surface area contributed by atoms with Crippen LogP contribution in [0, 0.1) is 18.8 Å². The summed E-state index contributed by atoms with van der Waals surface area (Å²) in [7, 11) is 1.66. The highest BCUT2D eigenvalue weighted by atomic mass is 16.5. The van der Waals surface area contributed by atoms with Crippen LogP contribution in [-0.2, 0) is 9.47 Å². The molecule has 0 amide bonds. The lowest BCUT2D eigenvalue weighted by Crippen LogP contribution is -2.02. The zero-order valence-electron chi connectivity index (χ0n) is 19.2. The Labute approximate surface area is 199 Å². The summed E-state index contributed by atoms with van der Waals surface area (Å²) >= 11 is 0. The number of anilines is 2. The van der Waals surface area contributed by atoms with Gasteiger partial charge in [0.15, 0.2) is 0 Å². The molecule has 0 saturated carbocycles. The standard InChI is InChI=1S/C27H26N4O3/c1-20-16-22(9-11-26(20)34-23-7-5-12-28-18-23)31-27-24-17-21(8-10-25(24)29-19-30-27)6-3-4-13-33-15-14-32-2/h5,7-12,16-19H,4,13-15H2,1-2H3,(H,29,30,31). The maximum Gasteiger partial charge on any atom is 0.145 e. The molecule has 4 aromatic rings. The van der Waals surface area contributed by atoms with E-state index in [0.717, 1.165) is 39.3 Å². The van der Waals surface area contributed by atoms with Gasteiger partial charge in [0, 0.05) is 36.4 Å². The van der Waals surface area contributed by atoms with Crippen LogP contribution in [0.5, 0.6) is 11.5 Å². The molecule has 0 aliphatic rings. The Hall–Kier alpha value is -3.99. The second-order valence-electron chi connectivity index (χ2n) is 7.51. The van der Waals surface area contributed by atoms with Gasteiger partial charge in [0.05, 0.1) is 31.5 Å². The monoisotopic (exact) mass is 454 g/mol. The molecule has 34 heavy (non-hydrogen) atoms. The third kappa shape index (κ3) is 6.29. The largest absolute Gasteiger partial charge is 0.455 e. The van der Waals surface area contributed by atoms with E-state index in [2.05, 4.69) is 32.1 Å². The van der Waals surface area contributed by atoms with Gasteiger partial charge >= 0.3 is 0 Å². The summed E-state index contributed by atoms with van der Waals surface area (Å²) < 4.78 is 16.3. The smallest absolute Gasteiger partial charge is 0.145 e. The highest BCUT2D eigenvalue weighted by Gasteiger charge is 2.08. The molecule has 4 rings (SSSR count). The molecule has 0 atom stereocenters. The highest BCUT2D eigenvalue weighted by molar-refractivity contribution is 5.91. The van der Waals surface area contributed by atoms with Crippen molar-refractivity contribution in [3.8, 4) is 23.3 Å². The maximum absolute atomic E-state index is 5.93. The molecule has 2 aromatic carbocycles. The van der Waals surface area contributed by atoms with Gasteiger partial charge in [-0.1, -0.05) is 11.8 Å². The number of nitrogens with zero attached hydrogens (tertiary/aromatic N) is 3. The third-order valence-electron chi connectivity index (χ3n) is 4.97. The third-order valence-corrected chi connectivity index (χ3v) is 4.97. The lowest BCUT2D eigenvalue weighted by molar-refractivity contribution is 0.0737. The van der Waals surface area contributed by atoms with Crippen LogP contribution in [0.25, 0.3) is 10.9 Å². The van der Waals surface area contributed by atoms with E-state index in [-0.39, 0.29) is 0 Å². The zero-order valence-corrected chi connectivity index (χ0v) is 19.2. The quantitative estimate of drug-likeness (QED) is 0.272. The van der Waals surface area contributed by atoms with Crippen LogP contribution in [0.4, 0.5) is 11.5 Å². The Morgan fingerprint density at radius 1 is 1.00 bits per heavy atom. The molecule has 0 fully saturated rings. The lowest BCUT2D eigenvalue weighted by atomic mass is 10.1. The number of methoxy groups -OCH3 is 1. The molecule has 7 nitrogen and oxygen atoms in total. The predicted molar refractivity (Wildman–Crippen MR) is 133 cm³/mol. The normalized spacial score (nSPS) is 10.5. The number of aryl methyl sites for hydroxylation is 1. The fraction of sp³-hybridized carbons (Fsp3) is 0.222. The van der Waals surface area contributed by atoms with E-state index < -0.39 is 0 Å². The summed E-state index contributed by atoms with van der Waals surface area (Å²) in [5, 5.41) is 4.30. The van der Waals surface area contributed by atoms with Gasteiger partial charge in [-0.25, -0.2) is 9.97 Å². The molecule has 0 aliphatic carbocycles. The van der Waals surface area contributed by atoms with Crippen LogP contribution >= 0.6 is 0 Å². The van der Waals surface area contributed by atoms with Crippen molar-refractivity contribution in [3.05, 3.63) is 78.4 Å². The molecule has 0 spiro atoms. The average Bonchev–Trinajstić information content (AvgIpc) is 2.86. The second-order valence-corrected chi connectivity index (χ2v) is 7.51. The summed E-state index contributed by atoms with van der Waals surface area (Å²) in [4.78, 5) is 12.9. The van der Waals surface area contributed by atoms with E-state index in [1.807, 2.05) is 55.5 Å². The molecule has 1 N–H and O–H groups in total. The predicted octanol–water partition coefficient (Wildman–Crippen LogP) is 5.27. The Bertz CT molecular complexity index is 1300. The number of nitrogens with one attached hydrogen (secondary N) is 1. The first-order chi connectivity index (χ1) is 16.7. The van der Waals surface area contributed by atoms with Crippen molar-refractivity contribution < 1.29 is 14.2 Å². The van der Waals surface area contributed by atoms with Crippen LogP contribution in [0.3, 0.4) is 0 Å². The van der Waals surface area contributed by atoms with Crippen molar-refractivity contribution in [2.45, 2.75) is 13.3 Å². The van der Waals surface area contributed by atoms with E-state index in [9.17, 15) is 0 Å². The van der Waals surface area contributed by atoms with Crippen LogP contribution in [0.15, 0.2) is 67.3 Å². The van der Waals surface area contributed by atoms with E-state index in [1.54, 1.807) is 25.8 Å². The molecule has 2 heterocycles. The minimum Gasteiger partial charge on any atom is -0.455 e. The van der Waals surface area contributed by atoms with E-state index in [4.69, 9.17) is 14.2 Å². The van der Waals surface area contributed by atoms with Crippen molar-refractivity contribution in [2.24, 2.45) is 0 Å². The van der Waals surface area contributed by atoms with Gasteiger partial charge in [-0.15, -0.1) is 0 Å². The summed E-state index contributed by atoms with van der Waals surface area (Å²) in [5.74, 6) is 8.53. The molecular weight excluding hydrogens is 428 g/mol. The number of fused-ring (bicyclic) bond motifs is 1. The number of pyridine rings is 1. The summed E-state index contributed by atoms with van der Waals surface area (Å²) in [6.07, 6.45) is 5.62. The van der Waals surface area contributed by atoms with Crippen molar-refractivity contribution >= 4 is 22.4 Å². The summed E-state index contributed by atoms with van der Waals surface area (Å²) in [5.41, 5.74) is 3.64. The van der Waals surface area contributed by atoms with E-state index in [1.165, 1.54) is 0 Å². The van der Waals surface area contributed by atoms with Gasteiger partial charge in [0.1, 0.15) is 23.6 Å². The van der Waals surface area contributed by atoms with E-state index >= 15 is 0 Å². The van der Waals surface area contributed by atoms with Gasteiger partial charge in [0.2, 0.25) is 0 Å². The molecule has 0 unspecified atom stereocenters. The summed E-state index contributed by atoms with van der Waals surface area (Å²) in [6, 6.07) is 15.6. The van der Waals surface area contributed by atoms with Crippen molar-refractivity contribution in [3.63, 3.8) is 0 Å². The number of hydrogen-bond donors (Lipinski definition) is 1. The van der Waals surface area contributed by atoms with Gasteiger partial charge in [-0.05, 0) is 61.0 Å². The Balaban J connectivity index is 1.47. The van der Waals surface area contributed by atoms with Crippen molar-refractivity contribution in [2.75, 3.05) is 32.2 Å². The summed E-state index contributed by atoms with van der Waals surface area (Å²) in [6.45, 7) is 3.76. The van der Waals surface area contributed by atoms with Crippen LogP contribution in [-0.4, -0.2) is 41.9 Å². The molecule has 2 aromatic heterocycles. The van der Waals surface area contributed by atoms with Gasteiger partial charge in [-0.3, -0.25) is 4.98 Å². The molecule has 0 saturated heterocycles. The number of aromatic nitrogens is 3. The first kappa shape index (κ1) is 23.2. The molecule has 172 valence electrons. The topological polar surface area (TPSA) is 78.4 Å². The molecular formula is C27H26N4O3. The fourth-order valence-corrected chi connectivity index (χ4v) is 3.28. The SMILES string of the molecule is COCCOCCC#Cc1ccc2ncnc(Nc3ccc(Oc4cccnc4)c(C)c3)c2c1. The molecule has 7 heteroatoms. The van der Waals surface area contributed by atoms with Gasteiger partial charge < -0.3 is 19.5 Å². The maximum atomic E-state index is 5.93. The van der Waals surface area contributed by atoms with Crippen LogP contribution in [0.1, 0.15) is 17.5 Å². The second kappa shape index (κ2) is 11.8. The molecule has 0 bridgehead atoms. The first-order valence-corrected chi connectivity index (χ1v) is 11.0. The minimum atomic E-state index is 0.580. The number of benzene rings is 2. The minimum absolute atomic E-state index is 0.580. The van der Waals surface area contributed by atoms with Gasteiger partial charge in [-0.2, -0.15) is 0 Å². The Kier molecular flexibility index (Phi) is 8.01. The Morgan fingerprint density at radius 2 is 1.94 bits per heavy atom. The number of rotatable bonds is 9. The van der Waals surface area contributed by atoms with Gasteiger partial charge in [0.25, 0.3) is 0 Å². The number of ether oxygens (including phenoxy) is 3. The van der Waals surface area contributed by atoms with Crippen molar-refractivity contribution in [1.29, 1.82) is 0 Å². The highest BCUT2D eigenvalue weighted by Crippen LogP contribution is 2.29. The van der Waals surface area contributed by atoms with Crippen LogP contribution < -0.4 is 10.1 Å². The fourth-order valence-electron chi connectivity index (χ4n) is 3.28. The Morgan fingerprint density at radius 3 is 2.76 bits per heavy atom. The average molecular weight is 455 g/mol. The molecule has 0 radical (unpaired) electrons. The van der Waals surface area contributed by atoms with Crippen LogP contribution in [0.2, 0.25) is 0 Å². The molecule has 0 aliphatic heterocycles. The zero-order chi connectivity index (χ0) is 23.6. The first-order valence-electron chi connectivity index (χ1n) is 11.0. The van der Waals surface area contributed by atoms with E-state index in [0.29, 0.717) is 32.0 Å². The lowest BCUT2D eigenvalue weighted by Gasteiger charge is -2.12. The van der Waals surface area contributed by atoms with Crippen molar-refractivity contribution in [1.82, 2.24) is 15.0 Å².